The van der Waals surface area contributed by atoms with E-state index in [0.717, 1.165) is 17.0 Å². The Morgan fingerprint density at radius 3 is 2.61 bits per heavy atom. The van der Waals surface area contributed by atoms with E-state index in [9.17, 15) is 14.7 Å². The Morgan fingerprint density at radius 1 is 1.21 bits per heavy atom. The second-order valence-electron chi connectivity index (χ2n) is 7.01. The molecule has 146 valence electrons. The molecule has 1 amide bonds. The Labute approximate surface area is 162 Å². The molecule has 0 aliphatic rings. The smallest absolute Gasteiger partial charge is 0.315 e. The highest BCUT2D eigenvalue weighted by molar-refractivity contribution is 5.83. The molecule has 0 bridgehead atoms. The monoisotopic (exact) mass is 381 g/mol. The summed E-state index contributed by atoms with van der Waals surface area (Å²) in [5.41, 5.74) is 2.11. The SMILES string of the molecule is Cc1nc2ncnn2c(C)c1CCC(=O)NCC(C)(C(=O)O)c1ccccc1. The first-order valence-corrected chi connectivity index (χ1v) is 9.04. The maximum atomic E-state index is 12.4. The van der Waals surface area contributed by atoms with Crippen molar-refractivity contribution in [2.75, 3.05) is 6.54 Å². The number of nitrogens with zero attached hydrogens (tertiary/aromatic N) is 4. The molecule has 0 aliphatic carbocycles. The third-order valence-corrected chi connectivity index (χ3v) is 5.11. The minimum atomic E-state index is -1.19. The number of hydrogen-bond acceptors (Lipinski definition) is 5. The third kappa shape index (κ3) is 3.71. The number of benzene rings is 1. The van der Waals surface area contributed by atoms with Gasteiger partial charge in [0.2, 0.25) is 5.91 Å². The molecule has 0 saturated heterocycles. The third-order valence-electron chi connectivity index (χ3n) is 5.11. The molecule has 0 spiro atoms. The van der Waals surface area contributed by atoms with Crippen molar-refractivity contribution in [2.24, 2.45) is 0 Å². The summed E-state index contributed by atoms with van der Waals surface area (Å²) in [6, 6.07) is 8.92. The Morgan fingerprint density at radius 2 is 1.93 bits per heavy atom. The van der Waals surface area contributed by atoms with E-state index in [2.05, 4.69) is 20.4 Å². The van der Waals surface area contributed by atoms with Crippen LogP contribution in [0.15, 0.2) is 36.7 Å². The molecular formula is C20H23N5O3. The maximum absolute atomic E-state index is 12.4. The first-order valence-electron chi connectivity index (χ1n) is 9.04. The molecular weight excluding hydrogens is 358 g/mol. The van der Waals surface area contributed by atoms with Crippen LogP contribution in [0.2, 0.25) is 0 Å². The van der Waals surface area contributed by atoms with E-state index in [4.69, 9.17) is 0 Å². The number of fused-ring (bicyclic) bond motifs is 1. The zero-order valence-corrected chi connectivity index (χ0v) is 16.1. The van der Waals surface area contributed by atoms with Crippen LogP contribution in [0.4, 0.5) is 0 Å². The van der Waals surface area contributed by atoms with Gasteiger partial charge in [-0.15, -0.1) is 0 Å². The van der Waals surface area contributed by atoms with Crippen molar-refractivity contribution in [3.8, 4) is 0 Å². The van der Waals surface area contributed by atoms with Crippen molar-refractivity contribution in [3.05, 3.63) is 59.2 Å². The summed E-state index contributed by atoms with van der Waals surface area (Å²) in [7, 11) is 0. The van der Waals surface area contributed by atoms with Crippen LogP contribution in [0, 0.1) is 13.8 Å². The van der Waals surface area contributed by atoms with E-state index in [-0.39, 0.29) is 18.9 Å². The van der Waals surface area contributed by atoms with E-state index >= 15 is 0 Å². The van der Waals surface area contributed by atoms with Gasteiger partial charge in [0.25, 0.3) is 5.78 Å². The Balaban J connectivity index is 1.67. The lowest BCUT2D eigenvalue weighted by Crippen LogP contribution is -2.44. The Bertz CT molecular complexity index is 1020. The number of aliphatic carboxylic acids is 1. The van der Waals surface area contributed by atoms with Gasteiger partial charge in [0.1, 0.15) is 11.7 Å². The molecule has 28 heavy (non-hydrogen) atoms. The molecule has 8 nitrogen and oxygen atoms in total. The number of aromatic nitrogens is 4. The molecule has 2 N–H and O–H groups in total. The zero-order chi connectivity index (χ0) is 20.3. The largest absolute Gasteiger partial charge is 0.481 e. The fourth-order valence-electron chi connectivity index (χ4n) is 3.23. The van der Waals surface area contributed by atoms with E-state index in [1.807, 2.05) is 19.9 Å². The molecule has 0 fully saturated rings. The summed E-state index contributed by atoms with van der Waals surface area (Å²) in [4.78, 5) is 32.7. The van der Waals surface area contributed by atoms with Crippen molar-refractivity contribution in [1.82, 2.24) is 24.9 Å². The van der Waals surface area contributed by atoms with Crippen LogP contribution in [0.25, 0.3) is 5.78 Å². The lowest BCUT2D eigenvalue weighted by Gasteiger charge is -2.25. The van der Waals surface area contributed by atoms with Gasteiger partial charge in [-0.25, -0.2) is 9.50 Å². The van der Waals surface area contributed by atoms with Crippen LogP contribution in [0.1, 0.15) is 35.9 Å². The minimum Gasteiger partial charge on any atom is -0.481 e. The van der Waals surface area contributed by atoms with Crippen LogP contribution in [0.5, 0.6) is 0 Å². The molecule has 2 aromatic heterocycles. The van der Waals surface area contributed by atoms with Gasteiger partial charge in [0, 0.05) is 24.4 Å². The number of carboxylic acids is 1. The lowest BCUT2D eigenvalue weighted by molar-refractivity contribution is -0.143. The number of hydrogen-bond donors (Lipinski definition) is 2. The highest BCUT2D eigenvalue weighted by atomic mass is 16.4. The van der Waals surface area contributed by atoms with E-state index in [1.54, 1.807) is 35.7 Å². The molecule has 3 rings (SSSR count). The van der Waals surface area contributed by atoms with E-state index in [0.29, 0.717) is 17.8 Å². The van der Waals surface area contributed by atoms with Crippen molar-refractivity contribution < 1.29 is 14.7 Å². The number of carbonyl (C=O) groups excluding carboxylic acids is 1. The molecule has 8 heteroatoms. The number of carbonyl (C=O) groups is 2. The van der Waals surface area contributed by atoms with Gasteiger partial charge in [-0.2, -0.15) is 10.1 Å². The summed E-state index contributed by atoms with van der Waals surface area (Å²) in [6.07, 6.45) is 2.16. The highest BCUT2D eigenvalue weighted by Crippen LogP contribution is 2.23. The maximum Gasteiger partial charge on any atom is 0.315 e. The Hall–Kier alpha value is -3.29. The average Bonchev–Trinajstić information content (AvgIpc) is 3.15. The Kier molecular flexibility index (Phi) is 5.39. The number of nitrogens with one attached hydrogen (secondary N) is 1. The summed E-state index contributed by atoms with van der Waals surface area (Å²) in [5.74, 6) is -0.657. The minimum absolute atomic E-state index is 0.0174. The van der Waals surface area contributed by atoms with Crippen LogP contribution in [0.3, 0.4) is 0 Å². The molecule has 1 atom stereocenters. The molecule has 3 aromatic rings. The first kappa shape index (κ1) is 19.5. The normalized spacial score (nSPS) is 13.2. The van der Waals surface area contributed by atoms with Gasteiger partial charge in [-0.05, 0) is 38.3 Å². The quantitative estimate of drug-likeness (QED) is 0.646. The topological polar surface area (TPSA) is 109 Å². The molecule has 2 heterocycles. The molecule has 0 saturated carbocycles. The fraction of sp³-hybridized carbons (Fsp3) is 0.350. The number of amides is 1. The average molecular weight is 381 g/mol. The summed E-state index contributed by atoms with van der Waals surface area (Å²) in [5, 5.41) is 16.6. The summed E-state index contributed by atoms with van der Waals surface area (Å²) in [6.45, 7) is 5.43. The van der Waals surface area contributed by atoms with Crippen LogP contribution in [-0.4, -0.2) is 43.1 Å². The lowest BCUT2D eigenvalue weighted by atomic mass is 9.82. The fourth-order valence-corrected chi connectivity index (χ4v) is 3.23. The molecule has 0 radical (unpaired) electrons. The van der Waals surface area contributed by atoms with Crippen molar-refractivity contribution in [3.63, 3.8) is 0 Å². The molecule has 1 unspecified atom stereocenters. The van der Waals surface area contributed by atoms with Gasteiger partial charge in [0.15, 0.2) is 0 Å². The molecule has 1 aromatic carbocycles. The van der Waals surface area contributed by atoms with Gasteiger partial charge in [-0.3, -0.25) is 9.59 Å². The number of rotatable bonds is 7. The first-order chi connectivity index (χ1) is 13.3. The van der Waals surface area contributed by atoms with Crippen molar-refractivity contribution in [2.45, 2.75) is 39.0 Å². The van der Waals surface area contributed by atoms with Gasteiger partial charge in [0.05, 0.1) is 0 Å². The van der Waals surface area contributed by atoms with Crippen LogP contribution >= 0.6 is 0 Å². The number of aryl methyl sites for hydroxylation is 2. The second-order valence-corrected chi connectivity index (χ2v) is 7.01. The second kappa shape index (κ2) is 7.75. The standard InChI is InChI=1S/C20H23N5O3/c1-13-16(14(2)25-19(24-13)22-12-23-25)9-10-17(26)21-11-20(3,18(27)28)15-7-5-4-6-8-15/h4-8,12H,9-11H2,1-3H3,(H,21,26)(H,27,28). The zero-order valence-electron chi connectivity index (χ0n) is 16.1. The number of carboxylic acid groups (broad SMARTS) is 1. The van der Waals surface area contributed by atoms with Gasteiger partial charge >= 0.3 is 5.97 Å². The van der Waals surface area contributed by atoms with Gasteiger partial charge in [-0.1, -0.05) is 30.3 Å². The van der Waals surface area contributed by atoms with E-state index in [1.165, 1.54) is 6.33 Å². The predicted octanol–water partition coefficient (Wildman–Crippen LogP) is 1.83. The van der Waals surface area contributed by atoms with Crippen LogP contribution < -0.4 is 5.32 Å². The summed E-state index contributed by atoms with van der Waals surface area (Å²) < 4.78 is 1.65. The van der Waals surface area contributed by atoms with Gasteiger partial charge < -0.3 is 10.4 Å². The van der Waals surface area contributed by atoms with E-state index < -0.39 is 11.4 Å². The van der Waals surface area contributed by atoms with Crippen LogP contribution in [-0.2, 0) is 21.4 Å². The summed E-state index contributed by atoms with van der Waals surface area (Å²) >= 11 is 0. The van der Waals surface area contributed by atoms with Crippen molar-refractivity contribution >= 4 is 17.7 Å². The molecule has 0 aliphatic heterocycles. The van der Waals surface area contributed by atoms with Crippen molar-refractivity contribution in [1.29, 1.82) is 0 Å². The highest BCUT2D eigenvalue weighted by Gasteiger charge is 2.35. The predicted molar refractivity (Wildman–Crippen MR) is 103 cm³/mol.